The first kappa shape index (κ1) is 15.6. The van der Waals surface area contributed by atoms with Crippen LogP contribution < -0.4 is 0 Å². The molecule has 27 heavy (non-hydrogen) atoms. The van der Waals surface area contributed by atoms with E-state index < -0.39 is 0 Å². The van der Waals surface area contributed by atoms with Crippen LogP contribution in [0.4, 0.5) is 0 Å². The van der Waals surface area contributed by atoms with Gasteiger partial charge in [0.2, 0.25) is 0 Å². The maximum atomic E-state index is 4.80. The number of hydrogen-bond donors (Lipinski definition) is 0. The minimum atomic E-state index is 0.0676. The van der Waals surface area contributed by atoms with Crippen LogP contribution in [0.2, 0.25) is 0 Å². The maximum absolute atomic E-state index is 4.80. The number of aromatic nitrogens is 7. The van der Waals surface area contributed by atoms with Gasteiger partial charge in [-0.25, -0.2) is 15.0 Å². The highest BCUT2D eigenvalue weighted by Gasteiger charge is 2.15. The first-order valence-corrected chi connectivity index (χ1v) is 8.72. The van der Waals surface area contributed by atoms with E-state index in [1.165, 1.54) is 5.56 Å². The third-order valence-corrected chi connectivity index (χ3v) is 4.81. The van der Waals surface area contributed by atoms with E-state index in [1.54, 1.807) is 23.4 Å². The number of imidazole rings is 1. The minimum Gasteiger partial charge on any atom is -0.307 e. The van der Waals surface area contributed by atoms with Crippen LogP contribution in [0.1, 0.15) is 18.5 Å². The second-order valence-corrected chi connectivity index (χ2v) is 6.59. The van der Waals surface area contributed by atoms with Crippen molar-refractivity contribution in [1.29, 1.82) is 0 Å². The lowest BCUT2D eigenvalue weighted by Gasteiger charge is -2.15. The van der Waals surface area contributed by atoms with E-state index in [0.29, 0.717) is 5.65 Å². The van der Waals surface area contributed by atoms with Gasteiger partial charge >= 0.3 is 0 Å². The fraction of sp³-hybridized carbons (Fsp3) is 0.150. The van der Waals surface area contributed by atoms with Crippen molar-refractivity contribution in [3.05, 3.63) is 67.0 Å². The zero-order valence-corrected chi connectivity index (χ0v) is 15.0. The van der Waals surface area contributed by atoms with Gasteiger partial charge in [-0.15, -0.1) is 0 Å². The molecule has 0 aliphatic rings. The number of hydrogen-bond acceptors (Lipinski definition) is 5. The zero-order chi connectivity index (χ0) is 18.4. The molecule has 0 radical (unpaired) electrons. The van der Waals surface area contributed by atoms with Crippen molar-refractivity contribution in [3.8, 4) is 11.3 Å². The Morgan fingerprint density at radius 3 is 2.81 bits per heavy atom. The third kappa shape index (κ3) is 2.64. The van der Waals surface area contributed by atoms with Crippen LogP contribution in [0.3, 0.4) is 0 Å². The highest BCUT2D eigenvalue weighted by atomic mass is 15.2. The van der Waals surface area contributed by atoms with E-state index in [0.717, 1.165) is 27.8 Å². The Hall–Kier alpha value is -3.61. The monoisotopic (exact) mass is 355 g/mol. The van der Waals surface area contributed by atoms with Gasteiger partial charge in [-0.1, -0.05) is 12.1 Å². The molecule has 4 heterocycles. The maximum Gasteiger partial charge on any atom is 0.197 e. The number of nitrogens with zero attached hydrogens (tertiary/aromatic N) is 7. The van der Waals surface area contributed by atoms with Crippen LogP contribution in [-0.2, 0) is 7.05 Å². The van der Waals surface area contributed by atoms with Crippen LogP contribution in [-0.4, -0.2) is 34.3 Å². The smallest absolute Gasteiger partial charge is 0.197 e. The summed E-state index contributed by atoms with van der Waals surface area (Å²) in [5.74, 6) is 0. The van der Waals surface area contributed by atoms with Crippen molar-refractivity contribution in [2.24, 2.45) is 7.05 Å². The van der Waals surface area contributed by atoms with Gasteiger partial charge in [0.15, 0.2) is 11.3 Å². The summed E-state index contributed by atoms with van der Waals surface area (Å²) < 4.78 is 3.81. The molecular formula is C20H17N7. The summed E-state index contributed by atoms with van der Waals surface area (Å²) >= 11 is 0. The summed E-state index contributed by atoms with van der Waals surface area (Å²) in [7, 11) is 1.89. The highest BCUT2D eigenvalue weighted by molar-refractivity contribution is 5.79. The predicted molar refractivity (Wildman–Crippen MR) is 103 cm³/mol. The quantitative estimate of drug-likeness (QED) is 0.496. The molecule has 0 bridgehead atoms. The molecule has 7 nitrogen and oxygen atoms in total. The van der Waals surface area contributed by atoms with Crippen molar-refractivity contribution in [3.63, 3.8) is 0 Å². The number of fused-ring (bicyclic) bond motifs is 2. The lowest BCUT2D eigenvalue weighted by atomic mass is 10.1. The van der Waals surface area contributed by atoms with Crippen molar-refractivity contribution >= 4 is 22.2 Å². The molecule has 7 heteroatoms. The molecule has 132 valence electrons. The Balaban J connectivity index is 1.60. The first-order valence-electron chi connectivity index (χ1n) is 8.72. The van der Waals surface area contributed by atoms with Crippen molar-refractivity contribution in [2.45, 2.75) is 13.0 Å². The molecule has 0 amide bonds. The molecule has 1 aromatic carbocycles. The zero-order valence-electron chi connectivity index (χ0n) is 15.0. The van der Waals surface area contributed by atoms with Crippen molar-refractivity contribution < 1.29 is 0 Å². The molecule has 0 saturated heterocycles. The Morgan fingerprint density at radius 1 is 1.04 bits per heavy atom. The van der Waals surface area contributed by atoms with Gasteiger partial charge in [0.05, 0.1) is 36.0 Å². The normalized spacial score (nSPS) is 12.7. The second kappa shape index (κ2) is 5.98. The van der Waals surface area contributed by atoms with Crippen LogP contribution in [0.25, 0.3) is 33.5 Å². The van der Waals surface area contributed by atoms with Crippen molar-refractivity contribution in [1.82, 2.24) is 34.3 Å². The van der Waals surface area contributed by atoms with E-state index >= 15 is 0 Å². The average molecular weight is 355 g/mol. The van der Waals surface area contributed by atoms with Crippen LogP contribution in [0.15, 0.2) is 61.4 Å². The largest absolute Gasteiger partial charge is 0.307 e. The number of aryl methyl sites for hydroxylation is 1. The molecular weight excluding hydrogens is 338 g/mol. The Labute approximate surface area is 155 Å². The molecule has 1 atom stereocenters. The fourth-order valence-electron chi connectivity index (χ4n) is 3.30. The van der Waals surface area contributed by atoms with E-state index in [-0.39, 0.29) is 6.04 Å². The molecule has 0 aliphatic heterocycles. The van der Waals surface area contributed by atoms with Crippen LogP contribution in [0, 0.1) is 0 Å². The number of rotatable bonds is 3. The van der Waals surface area contributed by atoms with E-state index in [2.05, 4.69) is 49.7 Å². The van der Waals surface area contributed by atoms with Gasteiger partial charge < -0.3 is 4.57 Å². The lowest BCUT2D eigenvalue weighted by molar-refractivity contribution is 0.653. The summed E-state index contributed by atoms with van der Waals surface area (Å²) in [5, 5.41) is 5.33. The molecule has 1 unspecified atom stereocenters. The molecule has 5 rings (SSSR count). The Kier molecular flexibility index (Phi) is 3.46. The number of pyridine rings is 1. The Morgan fingerprint density at radius 2 is 1.96 bits per heavy atom. The molecule has 0 aliphatic carbocycles. The number of benzene rings is 1. The molecule has 4 aromatic heterocycles. The first-order chi connectivity index (χ1) is 13.2. The van der Waals surface area contributed by atoms with E-state index in [4.69, 9.17) is 4.98 Å². The summed E-state index contributed by atoms with van der Waals surface area (Å²) in [6.45, 7) is 2.14. The average Bonchev–Trinajstić information content (AvgIpc) is 3.32. The van der Waals surface area contributed by atoms with Gasteiger partial charge in [-0.2, -0.15) is 5.10 Å². The van der Waals surface area contributed by atoms with Gasteiger partial charge in [0, 0.05) is 30.4 Å². The molecule has 0 N–H and O–H groups in total. The van der Waals surface area contributed by atoms with Gasteiger partial charge in [0.25, 0.3) is 0 Å². The summed E-state index contributed by atoms with van der Waals surface area (Å²) in [6.07, 6.45) is 9.07. The second-order valence-electron chi connectivity index (χ2n) is 6.59. The summed E-state index contributed by atoms with van der Waals surface area (Å²) in [5.41, 5.74) is 5.27. The van der Waals surface area contributed by atoms with Crippen LogP contribution >= 0.6 is 0 Å². The topological polar surface area (TPSA) is 74.3 Å². The minimum absolute atomic E-state index is 0.0676. The van der Waals surface area contributed by atoms with E-state index in [9.17, 15) is 0 Å². The van der Waals surface area contributed by atoms with Gasteiger partial charge in [-0.3, -0.25) is 9.67 Å². The predicted octanol–water partition coefficient (Wildman–Crippen LogP) is 3.38. The van der Waals surface area contributed by atoms with Gasteiger partial charge in [-0.05, 0) is 30.7 Å². The standard InChI is InChI=1S/C20H17N7/c1-13(14-5-6-17-15(8-14)4-3-7-21-17)27-12-23-19-20(27)25-18(10-22-19)16-9-24-26(2)11-16/h3-13H,1-2H3. The molecule has 0 spiro atoms. The lowest BCUT2D eigenvalue weighted by Crippen LogP contribution is -2.06. The van der Waals surface area contributed by atoms with Crippen LogP contribution in [0.5, 0.6) is 0 Å². The fourth-order valence-corrected chi connectivity index (χ4v) is 3.30. The summed E-state index contributed by atoms with van der Waals surface area (Å²) in [4.78, 5) is 18.1. The molecule has 5 aromatic rings. The van der Waals surface area contributed by atoms with Gasteiger partial charge in [0.1, 0.15) is 0 Å². The molecule has 0 saturated carbocycles. The van der Waals surface area contributed by atoms with E-state index in [1.807, 2.05) is 31.6 Å². The van der Waals surface area contributed by atoms with Crippen molar-refractivity contribution in [2.75, 3.05) is 0 Å². The highest BCUT2D eigenvalue weighted by Crippen LogP contribution is 2.25. The Bertz CT molecular complexity index is 1270. The SMILES string of the molecule is CC(c1ccc2ncccc2c1)n1cnc2ncc(-c3cnn(C)c3)nc21. The third-order valence-electron chi connectivity index (χ3n) is 4.81. The molecule has 0 fully saturated rings. The summed E-state index contributed by atoms with van der Waals surface area (Å²) in [6, 6.07) is 10.4.